The van der Waals surface area contributed by atoms with Gasteiger partial charge >= 0.3 is 0 Å². The van der Waals surface area contributed by atoms with Gasteiger partial charge in [-0.15, -0.1) is 0 Å². The van der Waals surface area contributed by atoms with Gasteiger partial charge in [0.1, 0.15) is 11.6 Å². The minimum Gasteiger partial charge on any atom is -0.296 e. The van der Waals surface area contributed by atoms with Crippen LogP contribution in [-0.4, -0.2) is 29.6 Å². The number of nitrogens with two attached hydrogens (primary N) is 1. The highest BCUT2D eigenvalue weighted by molar-refractivity contribution is 5.20. The van der Waals surface area contributed by atoms with Crippen molar-refractivity contribution in [3.8, 4) is 0 Å². The number of benzene rings is 1. The molecular formula is C16H25F2N3. The van der Waals surface area contributed by atoms with Crippen LogP contribution in [0.5, 0.6) is 0 Å². The Morgan fingerprint density at radius 3 is 2.29 bits per heavy atom. The van der Waals surface area contributed by atoms with Crippen molar-refractivity contribution in [2.75, 3.05) is 13.1 Å². The second-order valence-electron chi connectivity index (χ2n) is 6.11. The molecule has 0 saturated carbocycles. The average Bonchev–Trinajstić information content (AvgIpc) is 2.97. The Morgan fingerprint density at radius 1 is 1.24 bits per heavy atom. The van der Waals surface area contributed by atoms with Gasteiger partial charge in [0.15, 0.2) is 0 Å². The smallest absolute Gasteiger partial charge is 0.126 e. The first kappa shape index (κ1) is 16.3. The van der Waals surface area contributed by atoms with E-state index in [1.807, 2.05) is 0 Å². The molecule has 3 N–H and O–H groups in total. The van der Waals surface area contributed by atoms with Crippen molar-refractivity contribution in [3.63, 3.8) is 0 Å². The van der Waals surface area contributed by atoms with E-state index in [1.54, 1.807) is 0 Å². The van der Waals surface area contributed by atoms with Gasteiger partial charge in [0.05, 0.1) is 0 Å². The van der Waals surface area contributed by atoms with Crippen LogP contribution in [0.4, 0.5) is 8.78 Å². The lowest BCUT2D eigenvalue weighted by molar-refractivity contribution is 0.0840. The minimum absolute atomic E-state index is 0.0539. The summed E-state index contributed by atoms with van der Waals surface area (Å²) in [5.41, 5.74) is 3.39. The Bertz CT molecular complexity index is 454. The molecule has 2 unspecified atom stereocenters. The van der Waals surface area contributed by atoms with Gasteiger partial charge in [0.2, 0.25) is 0 Å². The second-order valence-corrected chi connectivity index (χ2v) is 6.11. The Kier molecular flexibility index (Phi) is 5.30. The van der Waals surface area contributed by atoms with Crippen LogP contribution in [0.3, 0.4) is 0 Å². The molecule has 1 aliphatic heterocycles. The van der Waals surface area contributed by atoms with Crippen molar-refractivity contribution in [3.05, 3.63) is 35.4 Å². The Balaban J connectivity index is 2.20. The van der Waals surface area contributed by atoms with E-state index < -0.39 is 11.6 Å². The van der Waals surface area contributed by atoms with Gasteiger partial charge in [-0.05, 0) is 63.4 Å². The maximum atomic E-state index is 13.4. The molecule has 0 aromatic heterocycles. The number of hydrazine groups is 1. The number of halogens is 2. The van der Waals surface area contributed by atoms with Crippen LogP contribution in [0.2, 0.25) is 0 Å². The third-order valence-electron chi connectivity index (χ3n) is 4.86. The largest absolute Gasteiger partial charge is 0.296 e. The zero-order valence-electron chi connectivity index (χ0n) is 12.8. The molecule has 2 atom stereocenters. The van der Waals surface area contributed by atoms with Gasteiger partial charge in [-0.25, -0.2) is 8.78 Å². The van der Waals surface area contributed by atoms with E-state index in [9.17, 15) is 8.78 Å². The molecule has 21 heavy (non-hydrogen) atoms. The van der Waals surface area contributed by atoms with Crippen LogP contribution in [0.25, 0.3) is 0 Å². The topological polar surface area (TPSA) is 41.3 Å². The van der Waals surface area contributed by atoms with Gasteiger partial charge in [0.25, 0.3) is 0 Å². The number of hydrogen-bond acceptors (Lipinski definition) is 3. The van der Waals surface area contributed by atoms with Crippen molar-refractivity contribution < 1.29 is 8.78 Å². The van der Waals surface area contributed by atoms with Crippen LogP contribution >= 0.6 is 0 Å². The molecule has 3 nitrogen and oxygen atoms in total. The summed E-state index contributed by atoms with van der Waals surface area (Å²) in [6.45, 7) is 6.42. The van der Waals surface area contributed by atoms with E-state index in [2.05, 4.69) is 24.2 Å². The van der Waals surface area contributed by atoms with E-state index in [0.717, 1.165) is 25.6 Å². The van der Waals surface area contributed by atoms with Crippen LogP contribution in [0, 0.1) is 11.6 Å². The number of hydrogen-bond donors (Lipinski definition) is 2. The second kappa shape index (κ2) is 6.81. The molecule has 1 aromatic rings. The van der Waals surface area contributed by atoms with E-state index in [1.165, 1.54) is 25.0 Å². The summed E-state index contributed by atoms with van der Waals surface area (Å²) in [4.78, 5) is 2.44. The Labute approximate surface area is 125 Å². The van der Waals surface area contributed by atoms with Gasteiger partial charge < -0.3 is 0 Å². The van der Waals surface area contributed by atoms with E-state index in [4.69, 9.17) is 5.84 Å². The first-order valence-corrected chi connectivity index (χ1v) is 7.65. The fourth-order valence-corrected chi connectivity index (χ4v) is 3.34. The molecule has 1 aliphatic rings. The molecule has 5 heteroatoms. The summed E-state index contributed by atoms with van der Waals surface area (Å²) in [5, 5.41) is 0. The van der Waals surface area contributed by atoms with Crippen molar-refractivity contribution >= 4 is 0 Å². The van der Waals surface area contributed by atoms with E-state index in [-0.39, 0.29) is 11.6 Å². The Hall–Kier alpha value is -1.04. The number of nitrogens with zero attached hydrogens (tertiary/aromatic N) is 1. The third-order valence-corrected chi connectivity index (χ3v) is 4.86. The average molecular weight is 297 g/mol. The molecule has 1 heterocycles. The fraction of sp³-hybridized carbons (Fsp3) is 0.625. The summed E-state index contributed by atoms with van der Waals surface area (Å²) >= 11 is 0. The number of nitrogens with one attached hydrogen (secondary N) is 1. The zero-order chi connectivity index (χ0) is 15.5. The van der Waals surface area contributed by atoms with Gasteiger partial charge in [-0.3, -0.25) is 16.2 Å². The monoisotopic (exact) mass is 297 g/mol. The highest BCUT2D eigenvalue weighted by Crippen LogP contribution is 2.29. The first-order chi connectivity index (χ1) is 9.99. The summed E-state index contributed by atoms with van der Waals surface area (Å²) < 4.78 is 26.7. The molecule has 0 radical (unpaired) electrons. The summed E-state index contributed by atoms with van der Waals surface area (Å²) in [6, 6.07) is 3.61. The SMILES string of the molecule is CCC(C)(C(Cc1cc(F)cc(F)c1)NN)N1CCCC1. The van der Waals surface area contributed by atoms with Crippen molar-refractivity contribution in [2.24, 2.45) is 5.84 Å². The summed E-state index contributed by atoms with van der Waals surface area (Å²) in [7, 11) is 0. The van der Waals surface area contributed by atoms with Gasteiger partial charge in [0, 0.05) is 17.6 Å². The third kappa shape index (κ3) is 3.59. The molecular weight excluding hydrogens is 272 g/mol. The van der Waals surface area contributed by atoms with Crippen molar-refractivity contribution in [1.82, 2.24) is 10.3 Å². The van der Waals surface area contributed by atoms with Crippen LogP contribution in [-0.2, 0) is 6.42 Å². The first-order valence-electron chi connectivity index (χ1n) is 7.65. The molecule has 1 saturated heterocycles. The lowest BCUT2D eigenvalue weighted by Gasteiger charge is -2.44. The zero-order valence-corrected chi connectivity index (χ0v) is 12.8. The molecule has 1 fully saturated rings. The quantitative estimate of drug-likeness (QED) is 0.626. The molecule has 1 aromatic carbocycles. The van der Waals surface area contributed by atoms with Crippen LogP contribution in [0.1, 0.15) is 38.7 Å². The molecule has 118 valence electrons. The molecule has 2 rings (SSSR count). The standard InChI is InChI=1S/C16H25F2N3/c1-3-16(2,21-6-4-5-7-21)15(20-19)10-12-8-13(17)11-14(18)9-12/h8-9,11,15,20H,3-7,10,19H2,1-2H3. The lowest BCUT2D eigenvalue weighted by atomic mass is 9.84. The highest BCUT2D eigenvalue weighted by atomic mass is 19.1. The van der Waals surface area contributed by atoms with Gasteiger partial charge in [-0.2, -0.15) is 0 Å². The normalized spacial score (nSPS) is 20.4. The highest BCUT2D eigenvalue weighted by Gasteiger charge is 2.38. The molecule has 0 amide bonds. The summed E-state index contributed by atoms with van der Waals surface area (Å²) in [5.74, 6) is 4.68. The fourth-order valence-electron chi connectivity index (χ4n) is 3.34. The van der Waals surface area contributed by atoms with Crippen molar-refractivity contribution in [1.29, 1.82) is 0 Å². The number of likely N-dealkylation sites (tertiary alicyclic amines) is 1. The maximum Gasteiger partial charge on any atom is 0.126 e. The molecule has 0 spiro atoms. The Morgan fingerprint density at radius 2 is 1.81 bits per heavy atom. The van der Waals surface area contributed by atoms with E-state index >= 15 is 0 Å². The summed E-state index contributed by atoms with van der Waals surface area (Å²) in [6.07, 6.45) is 3.83. The van der Waals surface area contributed by atoms with Crippen molar-refractivity contribution in [2.45, 2.75) is 51.1 Å². The van der Waals surface area contributed by atoms with Gasteiger partial charge in [-0.1, -0.05) is 6.92 Å². The predicted octanol–water partition coefficient (Wildman–Crippen LogP) is 2.60. The minimum atomic E-state index is -0.542. The van der Waals surface area contributed by atoms with E-state index in [0.29, 0.717) is 12.0 Å². The maximum absolute atomic E-state index is 13.4. The van der Waals surface area contributed by atoms with Crippen LogP contribution < -0.4 is 11.3 Å². The molecule has 0 bridgehead atoms. The lowest BCUT2D eigenvalue weighted by Crippen LogP contribution is -2.61. The van der Waals surface area contributed by atoms with Crippen LogP contribution in [0.15, 0.2) is 18.2 Å². The number of rotatable bonds is 6. The predicted molar refractivity (Wildman–Crippen MR) is 80.7 cm³/mol. The molecule has 0 aliphatic carbocycles.